The van der Waals surface area contributed by atoms with E-state index >= 15 is 0 Å². The Hall–Kier alpha value is -2.49. The third-order valence-electron chi connectivity index (χ3n) is 3.09. The molecule has 21 heavy (non-hydrogen) atoms. The first-order valence-corrected chi connectivity index (χ1v) is 6.59. The molecule has 0 amide bonds. The van der Waals surface area contributed by atoms with Gasteiger partial charge in [-0.15, -0.1) is 0 Å². The molecule has 0 atom stereocenters. The Kier molecular flexibility index (Phi) is 4.82. The maximum absolute atomic E-state index is 12.2. The number of methoxy groups -OCH3 is 2. The van der Waals surface area contributed by atoms with E-state index in [4.69, 9.17) is 14.2 Å². The van der Waals surface area contributed by atoms with E-state index in [0.29, 0.717) is 22.8 Å². The molecule has 0 aliphatic carbocycles. The monoisotopic (exact) mass is 286 g/mol. The van der Waals surface area contributed by atoms with E-state index in [2.05, 4.69) is 0 Å². The van der Waals surface area contributed by atoms with Crippen molar-refractivity contribution in [2.24, 2.45) is 0 Å². The Morgan fingerprint density at radius 2 is 1.67 bits per heavy atom. The lowest BCUT2D eigenvalue weighted by atomic mass is 10.1. The van der Waals surface area contributed by atoms with Gasteiger partial charge in [-0.1, -0.05) is 18.2 Å². The minimum absolute atomic E-state index is 0.0696. The third kappa shape index (κ3) is 3.54. The van der Waals surface area contributed by atoms with Crippen molar-refractivity contribution in [1.82, 2.24) is 0 Å². The smallest absolute Gasteiger partial charge is 0.203 e. The Balaban J connectivity index is 2.11. The summed E-state index contributed by atoms with van der Waals surface area (Å²) in [7, 11) is 3.11. The molecule has 4 nitrogen and oxygen atoms in total. The molecule has 2 aromatic rings. The van der Waals surface area contributed by atoms with Crippen LogP contribution >= 0.6 is 0 Å². The van der Waals surface area contributed by atoms with Gasteiger partial charge in [0.1, 0.15) is 5.75 Å². The van der Waals surface area contributed by atoms with Crippen molar-refractivity contribution in [3.05, 3.63) is 53.6 Å². The van der Waals surface area contributed by atoms with Crippen LogP contribution in [0.15, 0.2) is 42.5 Å². The molecule has 0 heterocycles. The molecule has 0 unspecified atom stereocenters. The minimum Gasteiger partial charge on any atom is -0.496 e. The first-order chi connectivity index (χ1) is 10.2. The van der Waals surface area contributed by atoms with Crippen molar-refractivity contribution in [2.75, 3.05) is 20.8 Å². The number of hydrogen-bond donors (Lipinski definition) is 0. The average Bonchev–Trinajstić information content (AvgIpc) is 2.53. The van der Waals surface area contributed by atoms with Crippen LogP contribution in [0.4, 0.5) is 0 Å². The molecule has 0 radical (unpaired) electrons. The third-order valence-corrected chi connectivity index (χ3v) is 3.09. The second kappa shape index (κ2) is 6.79. The molecule has 2 rings (SSSR count). The number of ether oxygens (including phenoxy) is 3. The molecule has 0 N–H and O–H groups in total. The first kappa shape index (κ1) is 14.9. The van der Waals surface area contributed by atoms with E-state index in [0.717, 1.165) is 5.56 Å². The SMILES string of the molecule is COc1cc(C)ccc1OCC(=O)c1ccccc1OC. The number of benzene rings is 2. The Bertz CT molecular complexity index is 634. The summed E-state index contributed by atoms with van der Waals surface area (Å²) in [6.45, 7) is 1.89. The highest BCUT2D eigenvalue weighted by atomic mass is 16.5. The van der Waals surface area contributed by atoms with E-state index in [1.54, 1.807) is 31.4 Å². The molecular formula is C17H18O4. The predicted molar refractivity (Wildman–Crippen MR) is 80.6 cm³/mol. The highest BCUT2D eigenvalue weighted by Crippen LogP contribution is 2.28. The number of carbonyl (C=O) groups is 1. The largest absolute Gasteiger partial charge is 0.496 e. The van der Waals surface area contributed by atoms with Gasteiger partial charge < -0.3 is 14.2 Å². The normalized spacial score (nSPS) is 10.0. The fourth-order valence-electron chi connectivity index (χ4n) is 1.99. The number of Topliss-reactive ketones (excluding diaryl/α,β-unsaturated/α-hetero) is 1. The molecule has 0 fully saturated rings. The van der Waals surface area contributed by atoms with E-state index in [-0.39, 0.29) is 12.4 Å². The maximum atomic E-state index is 12.2. The van der Waals surface area contributed by atoms with Crippen LogP contribution in [0.25, 0.3) is 0 Å². The molecule has 2 aromatic carbocycles. The number of aryl methyl sites for hydroxylation is 1. The van der Waals surface area contributed by atoms with E-state index in [1.807, 2.05) is 25.1 Å². The van der Waals surface area contributed by atoms with Crippen LogP contribution in [-0.2, 0) is 0 Å². The Labute approximate surface area is 124 Å². The number of carbonyl (C=O) groups excluding carboxylic acids is 1. The van der Waals surface area contributed by atoms with Gasteiger partial charge in [0.2, 0.25) is 5.78 Å². The predicted octanol–water partition coefficient (Wildman–Crippen LogP) is 3.27. The van der Waals surface area contributed by atoms with E-state index in [9.17, 15) is 4.79 Å². The van der Waals surface area contributed by atoms with Gasteiger partial charge in [-0.25, -0.2) is 0 Å². The van der Waals surface area contributed by atoms with Gasteiger partial charge in [-0.3, -0.25) is 4.79 Å². The van der Waals surface area contributed by atoms with Gasteiger partial charge in [0.05, 0.1) is 19.8 Å². The number of hydrogen-bond acceptors (Lipinski definition) is 4. The van der Waals surface area contributed by atoms with Crippen LogP contribution in [0.2, 0.25) is 0 Å². The summed E-state index contributed by atoms with van der Waals surface area (Å²) >= 11 is 0. The van der Waals surface area contributed by atoms with E-state index < -0.39 is 0 Å². The zero-order valence-electron chi connectivity index (χ0n) is 12.4. The molecule has 4 heteroatoms. The van der Waals surface area contributed by atoms with Crippen molar-refractivity contribution in [1.29, 1.82) is 0 Å². The molecule has 0 spiro atoms. The van der Waals surface area contributed by atoms with Crippen LogP contribution in [0, 0.1) is 6.92 Å². The zero-order valence-corrected chi connectivity index (χ0v) is 12.4. The topological polar surface area (TPSA) is 44.8 Å². The zero-order chi connectivity index (χ0) is 15.2. The number of ketones is 1. The summed E-state index contributed by atoms with van der Waals surface area (Å²) < 4.78 is 16.0. The van der Waals surface area contributed by atoms with Crippen LogP contribution in [0.5, 0.6) is 17.2 Å². The standard InChI is InChI=1S/C17H18O4/c1-12-8-9-16(17(10-12)20-3)21-11-14(18)13-6-4-5-7-15(13)19-2/h4-10H,11H2,1-3H3. The lowest BCUT2D eigenvalue weighted by Crippen LogP contribution is -2.13. The highest BCUT2D eigenvalue weighted by Gasteiger charge is 2.13. The highest BCUT2D eigenvalue weighted by molar-refractivity contribution is 5.99. The summed E-state index contributed by atoms with van der Waals surface area (Å²) in [6.07, 6.45) is 0. The van der Waals surface area contributed by atoms with Crippen molar-refractivity contribution < 1.29 is 19.0 Å². The molecule has 0 saturated heterocycles. The fraction of sp³-hybridized carbons (Fsp3) is 0.235. The van der Waals surface area contributed by atoms with Gasteiger partial charge in [0.25, 0.3) is 0 Å². The van der Waals surface area contributed by atoms with Crippen molar-refractivity contribution in [3.63, 3.8) is 0 Å². The van der Waals surface area contributed by atoms with Gasteiger partial charge in [0, 0.05) is 0 Å². The molecule has 110 valence electrons. The Morgan fingerprint density at radius 3 is 2.38 bits per heavy atom. The summed E-state index contributed by atoms with van der Waals surface area (Å²) in [5.74, 6) is 1.56. The molecule has 0 aromatic heterocycles. The van der Waals surface area contributed by atoms with Crippen LogP contribution in [-0.4, -0.2) is 26.6 Å². The quantitative estimate of drug-likeness (QED) is 0.764. The average molecular weight is 286 g/mol. The second-order valence-corrected chi connectivity index (χ2v) is 4.57. The lowest BCUT2D eigenvalue weighted by Gasteiger charge is -2.12. The van der Waals surface area contributed by atoms with Crippen molar-refractivity contribution >= 4 is 5.78 Å². The molecule has 0 bridgehead atoms. The fourth-order valence-corrected chi connectivity index (χ4v) is 1.99. The van der Waals surface area contributed by atoms with Crippen molar-refractivity contribution in [3.8, 4) is 17.2 Å². The summed E-state index contributed by atoms with van der Waals surface area (Å²) in [4.78, 5) is 12.2. The number of rotatable bonds is 6. The Morgan fingerprint density at radius 1 is 0.952 bits per heavy atom. The summed E-state index contributed by atoms with van der Waals surface area (Å²) in [5.41, 5.74) is 1.57. The minimum atomic E-state index is -0.143. The van der Waals surface area contributed by atoms with Gasteiger partial charge in [-0.05, 0) is 36.8 Å². The molecule has 0 aliphatic rings. The summed E-state index contributed by atoms with van der Waals surface area (Å²) in [5, 5.41) is 0. The van der Waals surface area contributed by atoms with Crippen molar-refractivity contribution in [2.45, 2.75) is 6.92 Å². The first-order valence-electron chi connectivity index (χ1n) is 6.59. The summed E-state index contributed by atoms with van der Waals surface area (Å²) in [6, 6.07) is 12.6. The van der Waals surface area contributed by atoms with Gasteiger partial charge in [0.15, 0.2) is 18.1 Å². The number of para-hydroxylation sites is 1. The van der Waals surface area contributed by atoms with Crippen LogP contribution in [0.1, 0.15) is 15.9 Å². The van der Waals surface area contributed by atoms with E-state index in [1.165, 1.54) is 7.11 Å². The second-order valence-electron chi connectivity index (χ2n) is 4.57. The van der Waals surface area contributed by atoms with Crippen LogP contribution < -0.4 is 14.2 Å². The molecule has 0 saturated carbocycles. The van der Waals surface area contributed by atoms with Crippen LogP contribution in [0.3, 0.4) is 0 Å². The molecular weight excluding hydrogens is 268 g/mol. The van der Waals surface area contributed by atoms with Gasteiger partial charge >= 0.3 is 0 Å². The van der Waals surface area contributed by atoms with Gasteiger partial charge in [-0.2, -0.15) is 0 Å². The lowest BCUT2D eigenvalue weighted by molar-refractivity contribution is 0.0916. The maximum Gasteiger partial charge on any atom is 0.203 e. The molecule has 0 aliphatic heterocycles.